The predicted molar refractivity (Wildman–Crippen MR) is 92.3 cm³/mol. The topological polar surface area (TPSA) is 77.6 Å². The number of nitrogens with zero attached hydrogens (tertiary/aromatic N) is 4. The maximum atomic E-state index is 5.58. The number of nitrogens with two attached hydrogens (primary N) is 1. The Kier molecular flexibility index (Phi) is 5.05. The zero-order chi connectivity index (χ0) is 16.1. The first kappa shape index (κ1) is 15.7. The molecule has 3 heterocycles. The quantitative estimate of drug-likeness (QED) is 0.754. The number of thiazole rings is 1. The van der Waals surface area contributed by atoms with Gasteiger partial charge in [0.05, 0.1) is 15.6 Å². The lowest BCUT2D eigenvalue weighted by Crippen LogP contribution is -2.05. The fourth-order valence-electron chi connectivity index (χ4n) is 2.40. The van der Waals surface area contributed by atoms with Crippen molar-refractivity contribution in [1.82, 2.24) is 19.9 Å². The van der Waals surface area contributed by atoms with Gasteiger partial charge in [-0.05, 0) is 50.1 Å². The van der Waals surface area contributed by atoms with Crippen LogP contribution in [0.4, 0.5) is 0 Å². The summed E-state index contributed by atoms with van der Waals surface area (Å²) in [7, 11) is 0. The second kappa shape index (κ2) is 7.39. The minimum Gasteiger partial charge on any atom is -0.330 e. The van der Waals surface area contributed by atoms with Crippen LogP contribution in [-0.4, -0.2) is 26.5 Å². The van der Waals surface area contributed by atoms with Crippen LogP contribution in [0.1, 0.15) is 28.6 Å². The molecule has 118 valence electrons. The lowest BCUT2D eigenvalue weighted by Gasteiger charge is -2.04. The molecule has 0 atom stereocenters. The number of aromatic nitrogens is 4. The van der Waals surface area contributed by atoms with Crippen molar-refractivity contribution in [3.05, 3.63) is 59.0 Å². The predicted octanol–water partition coefficient (Wildman–Crippen LogP) is 2.79. The number of aryl methyl sites for hydroxylation is 2. The van der Waals surface area contributed by atoms with E-state index in [1.807, 2.05) is 25.3 Å². The van der Waals surface area contributed by atoms with E-state index in [2.05, 4.69) is 26.0 Å². The zero-order valence-electron chi connectivity index (χ0n) is 13.1. The molecule has 0 fully saturated rings. The lowest BCUT2D eigenvalue weighted by atomic mass is 10.2. The highest BCUT2D eigenvalue weighted by Gasteiger charge is 2.08. The van der Waals surface area contributed by atoms with Gasteiger partial charge in [-0.3, -0.25) is 4.98 Å². The number of pyridine rings is 1. The number of hydrogen-bond acceptors (Lipinski definition) is 6. The van der Waals surface area contributed by atoms with Crippen LogP contribution in [0.2, 0.25) is 0 Å². The number of hydrogen-bond donors (Lipinski definition) is 1. The van der Waals surface area contributed by atoms with Gasteiger partial charge >= 0.3 is 0 Å². The van der Waals surface area contributed by atoms with Crippen LogP contribution in [0.3, 0.4) is 0 Å². The maximum Gasteiger partial charge on any atom is 0.125 e. The third-order valence-corrected chi connectivity index (χ3v) is 4.48. The molecular weight excluding hydrogens is 306 g/mol. The molecule has 0 aliphatic heterocycles. The van der Waals surface area contributed by atoms with Crippen LogP contribution >= 0.6 is 11.3 Å². The van der Waals surface area contributed by atoms with Crippen LogP contribution in [-0.2, 0) is 12.8 Å². The lowest BCUT2D eigenvalue weighted by molar-refractivity contribution is 0.790. The minimum atomic E-state index is 0.681. The second-order valence-electron chi connectivity index (χ2n) is 5.32. The molecule has 0 aromatic carbocycles. The molecule has 0 saturated carbocycles. The molecule has 0 saturated heterocycles. The molecule has 3 aromatic heterocycles. The van der Waals surface area contributed by atoms with Gasteiger partial charge in [0.2, 0.25) is 0 Å². The molecule has 3 rings (SSSR count). The van der Waals surface area contributed by atoms with Crippen molar-refractivity contribution >= 4 is 11.3 Å². The van der Waals surface area contributed by atoms with E-state index in [1.54, 1.807) is 23.7 Å². The molecule has 6 heteroatoms. The fraction of sp³-hybridized carbons (Fsp3) is 0.294. The standard InChI is InChI=1S/C17H19N5S/c1-12-21-14(3-2-6-18)9-15(22-12)10-17-20-11-16(23-17)13-4-7-19-8-5-13/h4-5,7-9,11H,2-3,6,10,18H2,1H3. The Bertz CT molecular complexity index is 770. The largest absolute Gasteiger partial charge is 0.330 e. The van der Waals surface area contributed by atoms with Gasteiger partial charge in [-0.1, -0.05) is 0 Å². The van der Waals surface area contributed by atoms with E-state index in [4.69, 9.17) is 5.73 Å². The molecule has 23 heavy (non-hydrogen) atoms. The third-order valence-electron chi connectivity index (χ3n) is 3.43. The van der Waals surface area contributed by atoms with Crippen molar-refractivity contribution in [3.8, 4) is 10.4 Å². The summed E-state index contributed by atoms with van der Waals surface area (Å²) in [6.07, 6.45) is 8.08. The second-order valence-corrected chi connectivity index (χ2v) is 6.44. The van der Waals surface area contributed by atoms with Gasteiger partial charge in [-0.25, -0.2) is 15.0 Å². The average molecular weight is 325 g/mol. The summed E-state index contributed by atoms with van der Waals surface area (Å²) < 4.78 is 0. The maximum absolute atomic E-state index is 5.58. The van der Waals surface area contributed by atoms with Crippen molar-refractivity contribution in [2.24, 2.45) is 5.73 Å². The Hall–Kier alpha value is -2.18. The summed E-state index contributed by atoms with van der Waals surface area (Å²) in [4.78, 5) is 18.7. The summed E-state index contributed by atoms with van der Waals surface area (Å²) in [5, 5.41) is 1.06. The average Bonchev–Trinajstić information content (AvgIpc) is 3.02. The molecule has 2 N–H and O–H groups in total. The Morgan fingerprint density at radius 1 is 1.13 bits per heavy atom. The van der Waals surface area contributed by atoms with E-state index in [0.29, 0.717) is 6.54 Å². The molecule has 0 amide bonds. The Balaban J connectivity index is 1.77. The van der Waals surface area contributed by atoms with Crippen molar-refractivity contribution in [1.29, 1.82) is 0 Å². The van der Waals surface area contributed by atoms with Crippen LogP contribution < -0.4 is 5.73 Å². The zero-order valence-corrected chi connectivity index (χ0v) is 13.9. The molecule has 0 radical (unpaired) electrons. The minimum absolute atomic E-state index is 0.681. The molecule has 0 bridgehead atoms. The van der Waals surface area contributed by atoms with Gasteiger partial charge in [0, 0.05) is 30.7 Å². The molecule has 0 aliphatic carbocycles. The highest BCUT2D eigenvalue weighted by molar-refractivity contribution is 7.15. The summed E-state index contributed by atoms with van der Waals surface area (Å²) in [5.74, 6) is 0.806. The van der Waals surface area contributed by atoms with E-state index in [1.165, 1.54) is 0 Å². The van der Waals surface area contributed by atoms with Crippen LogP contribution in [0, 0.1) is 6.92 Å². The van der Waals surface area contributed by atoms with E-state index in [-0.39, 0.29) is 0 Å². The Morgan fingerprint density at radius 3 is 2.70 bits per heavy atom. The normalized spacial score (nSPS) is 10.9. The molecule has 0 unspecified atom stereocenters. The summed E-state index contributed by atoms with van der Waals surface area (Å²) >= 11 is 1.69. The van der Waals surface area contributed by atoms with E-state index < -0.39 is 0 Å². The summed E-state index contributed by atoms with van der Waals surface area (Å²) in [5.41, 5.74) is 8.80. The van der Waals surface area contributed by atoms with Crippen molar-refractivity contribution in [2.75, 3.05) is 6.54 Å². The van der Waals surface area contributed by atoms with Gasteiger partial charge in [0.25, 0.3) is 0 Å². The molecule has 5 nitrogen and oxygen atoms in total. The number of rotatable bonds is 6. The van der Waals surface area contributed by atoms with Crippen LogP contribution in [0.15, 0.2) is 36.8 Å². The van der Waals surface area contributed by atoms with E-state index in [0.717, 1.165) is 51.9 Å². The van der Waals surface area contributed by atoms with E-state index in [9.17, 15) is 0 Å². The molecular formula is C17H19N5S. The summed E-state index contributed by atoms with van der Waals surface area (Å²) in [6, 6.07) is 6.06. The highest BCUT2D eigenvalue weighted by Crippen LogP contribution is 2.26. The van der Waals surface area contributed by atoms with E-state index >= 15 is 0 Å². The molecule has 0 aliphatic rings. The third kappa shape index (κ3) is 4.18. The Morgan fingerprint density at radius 2 is 1.91 bits per heavy atom. The van der Waals surface area contributed by atoms with Crippen LogP contribution in [0.5, 0.6) is 0 Å². The van der Waals surface area contributed by atoms with Gasteiger partial charge in [0.1, 0.15) is 5.82 Å². The molecule has 3 aromatic rings. The van der Waals surface area contributed by atoms with Gasteiger partial charge in [-0.15, -0.1) is 11.3 Å². The van der Waals surface area contributed by atoms with Crippen LogP contribution in [0.25, 0.3) is 10.4 Å². The monoisotopic (exact) mass is 325 g/mol. The first-order valence-electron chi connectivity index (χ1n) is 7.63. The highest BCUT2D eigenvalue weighted by atomic mass is 32.1. The fourth-order valence-corrected chi connectivity index (χ4v) is 3.33. The SMILES string of the molecule is Cc1nc(CCCN)cc(Cc2ncc(-c3ccncc3)s2)n1. The van der Waals surface area contributed by atoms with Crippen molar-refractivity contribution in [3.63, 3.8) is 0 Å². The Labute approximate surface area is 139 Å². The molecule has 0 spiro atoms. The smallest absolute Gasteiger partial charge is 0.125 e. The van der Waals surface area contributed by atoms with Gasteiger partial charge in [0.15, 0.2) is 0 Å². The first-order chi connectivity index (χ1) is 11.2. The van der Waals surface area contributed by atoms with Gasteiger partial charge in [-0.2, -0.15) is 0 Å². The van der Waals surface area contributed by atoms with Crippen molar-refractivity contribution in [2.45, 2.75) is 26.2 Å². The first-order valence-corrected chi connectivity index (χ1v) is 8.45. The summed E-state index contributed by atoms with van der Waals surface area (Å²) in [6.45, 7) is 2.61. The van der Waals surface area contributed by atoms with Crippen molar-refractivity contribution < 1.29 is 0 Å². The van der Waals surface area contributed by atoms with Gasteiger partial charge < -0.3 is 5.73 Å².